The van der Waals surface area contributed by atoms with Gasteiger partial charge < -0.3 is 46.7 Å². The lowest BCUT2D eigenvalue weighted by Crippen LogP contribution is -2.39. The molecule has 0 saturated carbocycles. The normalized spacial score (nSPS) is 11.2. The molecule has 3 aromatic carbocycles. The number of carboxylic acid groups (broad SMARTS) is 4. The predicted molar refractivity (Wildman–Crippen MR) is 183 cm³/mol. The minimum Gasteiger partial charge on any atom is -0.491 e. The Hall–Kier alpha value is -7.20. The van der Waals surface area contributed by atoms with Crippen molar-refractivity contribution in [2.45, 2.75) is 44.3 Å². The highest BCUT2D eigenvalue weighted by Gasteiger charge is 2.39. The van der Waals surface area contributed by atoms with Gasteiger partial charge in [0, 0.05) is 35.1 Å². The van der Waals surface area contributed by atoms with Crippen LogP contribution in [0.5, 0.6) is 11.5 Å². The number of carboxylic acids is 4. The van der Waals surface area contributed by atoms with E-state index in [-0.39, 0.29) is 54.6 Å². The number of halogens is 6. The Kier molecular flexibility index (Phi) is 18.1. The van der Waals surface area contributed by atoms with Gasteiger partial charge in [0.1, 0.15) is 36.4 Å². The minimum atomic E-state index is -5.08. The first-order chi connectivity index (χ1) is 26.3. The zero-order valence-electron chi connectivity index (χ0n) is 28.9. The van der Waals surface area contributed by atoms with Gasteiger partial charge in [0.15, 0.2) is 0 Å². The number of hydrogen-bond donors (Lipinski definition) is 9. The third-order valence-corrected chi connectivity index (χ3v) is 6.69. The standard InChI is InChI=1S/C30H31N5O8.2C2HF3O2/c31-27(32)18-6-9-23(10-7-18)42-15-17-2-1-3-21(12-17)29(39)35-22(8-11-26(37)38)16-43-25-14-20(28(33)34)5-4-19(25)13-24(36)30(40)41;2*3-2(4,5)1(6)7/h1-7,9-10,12,14,22H,8,11,13,15-16H2,(H3,31,32)(H3,33,34)(H,35,39)(H,37,38)(H,40,41);2*(H,6,7)/t22-;;/m1../s1. The summed E-state index contributed by atoms with van der Waals surface area (Å²) < 4.78 is 75.1. The van der Waals surface area contributed by atoms with E-state index in [0.717, 1.165) is 0 Å². The summed E-state index contributed by atoms with van der Waals surface area (Å²) in [5.41, 5.74) is 13.1. The molecule has 0 aromatic heterocycles. The number of aliphatic carboxylic acids is 4. The number of hydrogen-bond acceptors (Lipinski definition) is 10. The quantitative estimate of drug-likeness (QED) is 0.0434. The molecule has 11 N–H and O–H groups in total. The van der Waals surface area contributed by atoms with Crippen LogP contribution in [-0.4, -0.2) is 92.7 Å². The molecule has 17 nitrogen and oxygen atoms in total. The van der Waals surface area contributed by atoms with E-state index in [9.17, 15) is 50.6 Å². The minimum absolute atomic E-state index is 0.00984. The van der Waals surface area contributed by atoms with Crippen molar-refractivity contribution in [3.8, 4) is 11.5 Å². The lowest BCUT2D eigenvalue weighted by Gasteiger charge is -2.20. The van der Waals surface area contributed by atoms with Crippen molar-refractivity contribution >= 4 is 47.2 Å². The van der Waals surface area contributed by atoms with E-state index in [4.69, 9.17) is 56.7 Å². The van der Waals surface area contributed by atoms with Crippen molar-refractivity contribution in [3.63, 3.8) is 0 Å². The van der Waals surface area contributed by atoms with Crippen LogP contribution in [0.15, 0.2) is 66.7 Å². The van der Waals surface area contributed by atoms with Crippen LogP contribution in [0.25, 0.3) is 0 Å². The summed E-state index contributed by atoms with van der Waals surface area (Å²) in [6.07, 6.45) is -10.9. The summed E-state index contributed by atoms with van der Waals surface area (Å²) in [6, 6.07) is 16.8. The number of carbonyl (C=O) groups excluding carboxylic acids is 2. The van der Waals surface area contributed by atoms with Crippen LogP contribution in [0.3, 0.4) is 0 Å². The number of amidine groups is 2. The summed E-state index contributed by atoms with van der Waals surface area (Å²) in [4.78, 5) is 65.1. The molecule has 308 valence electrons. The SMILES string of the molecule is N=C(N)c1ccc(OCc2cccc(C(=O)N[C@H](CCC(=O)O)COc3cc(C(=N)N)ccc3CC(=O)C(=O)O)c2)cc1.O=C(O)C(F)(F)F.O=C(O)C(F)(F)F. The smallest absolute Gasteiger partial charge is 0.490 e. The molecule has 0 saturated heterocycles. The first kappa shape index (κ1) is 47.8. The number of Topliss-reactive ketones (excluding diaryl/α,β-unsaturated/α-hetero) is 1. The van der Waals surface area contributed by atoms with Gasteiger partial charge in [0.05, 0.1) is 6.04 Å². The van der Waals surface area contributed by atoms with Gasteiger partial charge in [0.25, 0.3) is 5.91 Å². The second-order valence-electron chi connectivity index (χ2n) is 11.1. The molecular formula is C34H33F6N5O12. The van der Waals surface area contributed by atoms with Crippen LogP contribution in [0.4, 0.5) is 26.3 Å². The van der Waals surface area contributed by atoms with Crippen LogP contribution >= 0.6 is 0 Å². The maximum Gasteiger partial charge on any atom is 0.490 e. The number of nitrogens with one attached hydrogen (secondary N) is 3. The molecule has 0 aliphatic heterocycles. The Morgan fingerprint density at radius 1 is 0.719 bits per heavy atom. The fourth-order valence-electron chi connectivity index (χ4n) is 3.90. The average molecular weight is 818 g/mol. The van der Waals surface area contributed by atoms with Gasteiger partial charge in [-0.3, -0.25) is 25.2 Å². The molecule has 0 unspecified atom stereocenters. The van der Waals surface area contributed by atoms with E-state index in [2.05, 4.69) is 5.32 Å². The molecule has 1 atom stereocenters. The maximum absolute atomic E-state index is 13.1. The summed E-state index contributed by atoms with van der Waals surface area (Å²) in [5, 5.41) is 50.3. The molecule has 3 rings (SSSR count). The van der Waals surface area contributed by atoms with Crippen LogP contribution in [0.1, 0.15) is 45.5 Å². The number of nitrogen functional groups attached to an aromatic ring is 2. The monoisotopic (exact) mass is 817 g/mol. The van der Waals surface area contributed by atoms with Gasteiger partial charge in [-0.15, -0.1) is 0 Å². The highest BCUT2D eigenvalue weighted by Crippen LogP contribution is 2.23. The van der Waals surface area contributed by atoms with Crippen molar-refractivity contribution in [2.24, 2.45) is 11.5 Å². The Balaban J connectivity index is 0.000000984. The topological polar surface area (TPSA) is 314 Å². The predicted octanol–water partition coefficient (Wildman–Crippen LogP) is 3.34. The molecule has 1 amide bonds. The van der Waals surface area contributed by atoms with Crippen LogP contribution < -0.4 is 26.3 Å². The number of rotatable bonds is 16. The molecule has 0 radical (unpaired) electrons. The Labute approximate surface area is 316 Å². The largest absolute Gasteiger partial charge is 0.491 e. The third kappa shape index (κ3) is 18.1. The van der Waals surface area contributed by atoms with Gasteiger partial charge in [-0.1, -0.05) is 24.3 Å². The van der Waals surface area contributed by atoms with E-state index >= 15 is 0 Å². The average Bonchev–Trinajstić information content (AvgIpc) is 3.12. The zero-order valence-corrected chi connectivity index (χ0v) is 28.9. The molecule has 57 heavy (non-hydrogen) atoms. The van der Waals surface area contributed by atoms with Gasteiger partial charge in [0.2, 0.25) is 5.78 Å². The fourth-order valence-corrected chi connectivity index (χ4v) is 3.90. The Bertz CT molecular complexity index is 1930. The molecule has 0 aliphatic rings. The molecule has 0 fully saturated rings. The van der Waals surface area contributed by atoms with Crippen molar-refractivity contribution in [3.05, 3.63) is 94.5 Å². The first-order valence-corrected chi connectivity index (χ1v) is 15.5. The van der Waals surface area contributed by atoms with E-state index in [1.165, 1.54) is 18.2 Å². The Morgan fingerprint density at radius 3 is 1.72 bits per heavy atom. The molecule has 0 aliphatic carbocycles. The van der Waals surface area contributed by atoms with Crippen molar-refractivity contribution in [1.82, 2.24) is 5.32 Å². The lowest BCUT2D eigenvalue weighted by molar-refractivity contribution is -0.193. The summed E-state index contributed by atoms with van der Waals surface area (Å²) >= 11 is 0. The van der Waals surface area contributed by atoms with Crippen molar-refractivity contribution in [2.75, 3.05) is 6.61 Å². The van der Waals surface area contributed by atoms with E-state index in [1.54, 1.807) is 48.5 Å². The van der Waals surface area contributed by atoms with Gasteiger partial charge in [-0.05, 0) is 54.4 Å². The maximum atomic E-state index is 13.1. The molecule has 23 heteroatoms. The number of ketones is 1. The lowest BCUT2D eigenvalue weighted by atomic mass is 10.0. The van der Waals surface area contributed by atoms with E-state index in [0.29, 0.717) is 22.4 Å². The zero-order chi connectivity index (χ0) is 43.7. The summed E-state index contributed by atoms with van der Waals surface area (Å²) in [6.45, 7) is -0.0654. The number of amides is 1. The highest BCUT2D eigenvalue weighted by molar-refractivity contribution is 6.33. The van der Waals surface area contributed by atoms with Gasteiger partial charge >= 0.3 is 36.2 Å². The second-order valence-corrected chi connectivity index (χ2v) is 11.1. The van der Waals surface area contributed by atoms with E-state index < -0.39 is 60.4 Å². The molecule has 0 spiro atoms. The van der Waals surface area contributed by atoms with E-state index in [1.807, 2.05) is 0 Å². The number of carbonyl (C=O) groups is 6. The molecule has 0 heterocycles. The number of nitrogens with two attached hydrogens (primary N) is 2. The number of ether oxygens (including phenoxy) is 2. The fraction of sp³-hybridized carbons (Fsp3) is 0.235. The van der Waals surface area contributed by atoms with Gasteiger partial charge in [-0.25, -0.2) is 14.4 Å². The summed E-state index contributed by atoms with van der Waals surface area (Å²) in [7, 11) is 0. The van der Waals surface area contributed by atoms with Crippen molar-refractivity contribution < 1.29 is 85.0 Å². The molecular weight excluding hydrogens is 784 g/mol. The Morgan fingerprint density at radius 2 is 1.25 bits per heavy atom. The van der Waals surface area contributed by atoms with Crippen LogP contribution in [0, 0.1) is 10.8 Å². The first-order valence-electron chi connectivity index (χ1n) is 15.5. The highest BCUT2D eigenvalue weighted by atomic mass is 19.4. The van der Waals surface area contributed by atoms with Crippen LogP contribution in [-0.2, 0) is 37.0 Å². The third-order valence-electron chi connectivity index (χ3n) is 6.69. The van der Waals surface area contributed by atoms with Crippen molar-refractivity contribution in [1.29, 1.82) is 10.8 Å². The molecule has 0 bridgehead atoms. The van der Waals surface area contributed by atoms with Crippen LogP contribution in [0.2, 0.25) is 0 Å². The number of alkyl halides is 6. The second kappa shape index (κ2) is 21.6. The molecule has 3 aromatic rings. The van der Waals surface area contributed by atoms with Gasteiger partial charge in [-0.2, -0.15) is 26.3 Å². The summed E-state index contributed by atoms with van der Waals surface area (Å²) in [5.74, 6) is -9.51. The number of benzene rings is 3.